The van der Waals surface area contributed by atoms with Gasteiger partial charge in [0.1, 0.15) is 0 Å². The van der Waals surface area contributed by atoms with Crippen molar-refractivity contribution in [3.05, 3.63) is 247 Å². The predicted octanol–water partition coefficient (Wildman–Crippen LogP) is 15.2. The molecule has 57 heavy (non-hydrogen) atoms. The number of hydrogen-bond donors (Lipinski definition) is 0. The summed E-state index contributed by atoms with van der Waals surface area (Å²) in [6, 6.07) is 82.2. The maximum Gasteiger partial charge on any atom is 0.0713 e. The first-order chi connectivity index (χ1) is 28.3. The zero-order chi connectivity index (χ0) is 37.8. The molecule has 0 amide bonds. The standard InChI is InChI=1S/C55H37NS/c1-4-16-40(17-5-1)45-24-14-28-51-53(45)54-50(27-15-29-52(54)57-51)56(43-20-8-3-9-21-43)44-36-32-39(33-37-44)38-30-34-42(35-31-38)55(41-18-6-2-7-19-41)48-25-12-10-22-46(48)47-23-11-13-26-49(47)55/h1-37H. The van der Waals surface area contributed by atoms with E-state index in [9.17, 15) is 0 Å². The summed E-state index contributed by atoms with van der Waals surface area (Å²) in [5.41, 5.74) is 15.7. The van der Waals surface area contributed by atoms with E-state index in [1.165, 1.54) is 81.5 Å². The molecule has 0 fully saturated rings. The highest BCUT2D eigenvalue weighted by molar-refractivity contribution is 7.26. The van der Waals surface area contributed by atoms with Gasteiger partial charge in [0.25, 0.3) is 0 Å². The summed E-state index contributed by atoms with van der Waals surface area (Å²) in [5, 5.41) is 2.58. The quantitative estimate of drug-likeness (QED) is 0.157. The number of benzene rings is 9. The number of anilines is 3. The van der Waals surface area contributed by atoms with Crippen molar-refractivity contribution in [2.75, 3.05) is 4.90 Å². The van der Waals surface area contributed by atoms with Gasteiger partial charge < -0.3 is 4.90 Å². The van der Waals surface area contributed by atoms with Crippen molar-refractivity contribution in [2.24, 2.45) is 0 Å². The molecule has 0 radical (unpaired) electrons. The summed E-state index contributed by atoms with van der Waals surface area (Å²) in [6.45, 7) is 0. The monoisotopic (exact) mass is 743 g/mol. The Balaban J connectivity index is 1.02. The summed E-state index contributed by atoms with van der Waals surface area (Å²) in [5.74, 6) is 0. The Hall–Kier alpha value is -7.00. The summed E-state index contributed by atoms with van der Waals surface area (Å²) >= 11 is 1.87. The Morgan fingerprint density at radius 1 is 0.316 bits per heavy atom. The number of fused-ring (bicyclic) bond motifs is 6. The smallest absolute Gasteiger partial charge is 0.0713 e. The molecule has 0 unspecified atom stereocenters. The summed E-state index contributed by atoms with van der Waals surface area (Å²) in [6.07, 6.45) is 0. The van der Waals surface area contributed by atoms with Gasteiger partial charge in [0.05, 0.1) is 11.1 Å². The first kappa shape index (κ1) is 33.3. The van der Waals surface area contributed by atoms with E-state index in [1.54, 1.807) is 0 Å². The molecule has 1 aromatic heterocycles. The number of thiophene rings is 1. The van der Waals surface area contributed by atoms with E-state index >= 15 is 0 Å². The second kappa shape index (κ2) is 13.6. The van der Waals surface area contributed by atoms with E-state index in [1.807, 2.05) is 11.3 Å². The second-order valence-corrected chi connectivity index (χ2v) is 15.9. The van der Waals surface area contributed by atoms with Gasteiger partial charge in [-0.05, 0) is 98.1 Å². The lowest BCUT2D eigenvalue weighted by Crippen LogP contribution is -2.28. The van der Waals surface area contributed by atoms with Gasteiger partial charge in [0.2, 0.25) is 0 Å². The molecule has 1 nitrogen and oxygen atoms in total. The molecule has 0 bridgehead atoms. The highest BCUT2D eigenvalue weighted by Crippen LogP contribution is 2.56. The van der Waals surface area contributed by atoms with E-state index in [-0.39, 0.29) is 0 Å². The molecule has 268 valence electrons. The van der Waals surface area contributed by atoms with Crippen molar-refractivity contribution >= 4 is 48.6 Å². The molecule has 0 saturated heterocycles. The van der Waals surface area contributed by atoms with Crippen LogP contribution in [-0.4, -0.2) is 0 Å². The van der Waals surface area contributed by atoms with E-state index in [2.05, 4.69) is 229 Å². The first-order valence-corrected chi connectivity index (χ1v) is 20.4. The number of rotatable bonds is 7. The maximum atomic E-state index is 2.42. The SMILES string of the molecule is c1ccc(-c2cccc3sc4cccc(N(c5ccccc5)c5ccc(-c6ccc(C7(c8ccccc8)c8ccccc8-c8ccccc87)cc6)cc5)c4c23)cc1. The summed E-state index contributed by atoms with van der Waals surface area (Å²) in [4.78, 5) is 2.42. The largest absolute Gasteiger partial charge is 0.310 e. The average molecular weight is 744 g/mol. The van der Waals surface area contributed by atoms with E-state index < -0.39 is 5.41 Å². The zero-order valence-corrected chi connectivity index (χ0v) is 32.0. The molecule has 0 atom stereocenters. The Kier molecular flexibility index (Phi) is 7.98. The molecule has 2 heteroatoms. The number of hydrogen-bond acceptors (Lipinski definition) is 2. The Morgan fingerprint density at radius 3 is 1.44 bits per heavy atom. The van der Waals surface area contributed by atoms with Crippen molar-refractivity contribution < 1.29 is 0 Å². The molecule has 0 saturated carbocycles. The van der Waals surface area contributed by atoms with Crippen LogP contribution in [0, 0.1) is 0 Å². The Morgan fingerprint density at radius 2 is 0.789 bits per heavy atom. The molecule has 1 aliphatic carbocycles. The van der Waals surface area contributed by atoms with Crippen LogP contribution in [0.1, 0.15) is 22.3 Å². The molecule has 9 aromatic carbocycles. The first-order valence-electron chi connectivity index (χ1n) is 19.6. The molecule has 0 spiro atoms. The average Bonchev–Trinajstić information content (AvgIpc) is 3.83. The van der Waals surface area contributed by atoms with Crippen LogP contribution >= 0.6 is 11.3 Å². The van der Waals surface area contributed by atoms with Crippen molar-refractivity contribution in [1.29, 1.82) is 0 Å². The van der Waals surface area contributed by atoms with Gasteiger partial charge in [-0.15, -0.1) is 11.3 Å². The van der Waals surface area contributed by atoms with Gasteiger partial charge >= 0.3 is 0 Å². The molecular formula is C55H37NS. The predicted molar refractivity (Wildman–Crippen MR) is 242 cm³/mol. The summed E-state index contributed by atoms with van der Waals surface area (Å²) in [7, 11) is 0. The van der Waals surface area contributed by atoms with Crippen molar-refractivity contribution in [3.63, 3.8) is 0 Å². The highest BCUT2D eigenvalue weighted by atomic mass is 32.1. The van der Waals surface area contributed by atoms with Crippen molar-refractivity contribution in [2.45, 2.75) is 5.41 Å². The topological polar surface area (TPSA) is 3.24 Å². The van der Waals surface area contributed by atoms with Gasteiger partial charge in [-0.3, -0.25) is 0 Å². The molecule has 0 N–H and O–H groups in total. The zero-order valence-electron chi connectivity index (χ0n) is 31.2. The second-order valence-electron chi connectivity index (χ2n) is 14.8. The Labute approximate surface area is 337 Å². The van der Waals surface area contributed by atoms with Crippen LogP contribution in [-0.2, 0) is 5.41 Å². The fourth-order valence-electron chi connectivity index (χ4n) is 9.32. The molecule has 1 aliphatic rings. The number of nitrogens with zero attached hydrogens (tertiary/aromatic N) is 1. The summed E-state index contributed by atoms with van der Waals surface area (Å²) < 4.78 is 2.58. The van der Waals surface area contributed by atoms with Crippen LogP contribution in [0.15, 0.2) is 224 Å². The van der Waals surface area contributed by atoms with Gasteiger partial charge in [-0.2, -0.15) is 0 Å². The molecule has 1 heterocycles. The Bertz CT molecular complexity index is 2990. The van der Waals surface area contributed by atoms with Gasteiger partial charge in [0.15, 0.2) is 0 Å². The van der Waals surface area contributed by atoms with E-state index in [4.69, 9.17) is 0 Å². The minimum Gasteiger partial charge on any atom is -0.310 e. The third kappa shape index (κ3) is 5.29. The van der Waals surface area contributed by atoms with E-state index in [0.29, 0.717) is 0 Å². The van der Waals surface area contributed by atoms with Crippen molar-refractivity contribution in [3.8, 4) is 33.4 Å². The highest BCUT2D eigenvalue weighted by Gasteiger charge is 2.45. The fourth-order valence-corrected chi connectivity index (χ4v) is 10.5. The lowest BCUT2D eigenvalue weighted by Gasteiger charge is -2.34. The number of para-hydroxylation sites is 1. The van der Waals surface area contributed by atoms with Crippen LogP contribution in [0.3, 0.4) is 0 Å². The lowest BCUT2D eigenvalue weighted by molar-refractivity contribution is 0.768. The van der Waals surface area contributed by atoms with Crippen LogP contribution < -0.4 is 4.90 Å². The van der Waals surface area contributed by atoms with Gasteiger partial charge in [-0.1, -0.05) is 182 Å². The molecule has 10 aromatic rings. The molecular weight excluding hydrogens is 707 g/mol. The van der Waals surface area contributed by atoms with Gasteiger partial charge in [0, 0.05) is 31.5 Å². The minimum absolute atomic E-state index is 0.403. The van der Waals surface area contributed by atoms with E-state index in [0.717, 1.165) is 11.4 Å². The lowest BCUT2D eigenvalue weighted by atomic mass is 9.67. The molecule has 11 rings (SSSR count). The van der Waals surface area contributed by atoms with Crippen LogP contribution in [0.4, 0.5) is 17.1 Å². The van der Waals surface area contributed by atoms with Crippen molar-refractivity contribution in [1.82, 2.24) is 0 Å². The van der Waals surface area contributed by atoms with Crippen LogP contribution in [0.2, 0.25) is 0 Å². The third-order valence-electron chi connectivity index (χ3n) is 11.8. The minimum atomic E-state index is -0.403. The van der Waals surface area contributed by atoms with Gasteiger partial charge in [-0.25, -0.2) is 0 Å². The maximum absolute atomic E-state index is 2.42. The molecule has 0 aliphatic heterocycles. The van der Waals surface area contributed by atoms with Crippen LogP contribution in [0.5, 0.6) is 0 Å². The normalized spacial score (nSPS) is 12.7. The third-order valence-corrected chi connectivity index (χ3v) is 12.9. The fraction of sp³-hybridized carbons (Fsp3) is 0.0182. The van der Waals surface area contributed by atoms with Crippen LogP contribution in [0.25, 0.3) is 53.6 Å².